The molecule has 40 heavy (non-hydrogen) atoms. The third kappa shape index (κ3) is 5.38. The maximum atomic E-state index is 12.8. The van der Waals surface area contributed by atoms with Gasteiger partial charge in [0.2, 0.25) is 5.91 Å². The van der Waals surface area contributed by atoms with Gasteiger partial charge in [0.05, 0.1) is 29.2 Å². The zero-order valence-electron chi connectivity index (χ0n) is 22.5. The van der Waals surface area contributed by atoms with Crippen LogP contribution in [0.3, 0.4) is 0 Å². The van der Waals surface area contributed by atoms with Crippen LogP contribution in [0.4, 0.5) is 0 Å². The molecule has 0 bridgehead atoms. The molecule has 1 aliphatic rings. The molecule has 3 heterocycles. The first kappa shape index (κ1) is 25.6. The van der Waals surface area contributed by atoms with Gasteiger partial charge in [-0.3, -0.25) is 9.59 Å². The number of carbonyl (C=O) groups is 1. The minimum atomic E-state index is -0.190. The lowest BCUT2D eigenvalue weighted by Crippen LogP contribution is -2.26. The SMILES string of the molecule is COc1ccc(/C=C/c2nc3cc4[nH]c(=O)c(Cc5ccccc5)nc4cc3n2CCCN2CCCC2=O)cc1. The number of imidazole rings is 1. The Bertz CT molecular complexity index is 1750. The molecule has 0 aliphatic carbocycles. The Morgan fingerprint density at radius 2 is 1.77 bits per heavy atom. The third-order valence-corrected chi connectivity index (χ3v) is 7.40. The molecule has 1 amide bonds. The van der Waals surface area contributed by atoms with Crippen LogP contribution in [0.25, 0.3) is 34.2 Å². The van der Waals surface area contributed by atoms with Crippen molar-refractivity contribution >= 4 is 40.1 Å². The molecule has 0 atom stereocenters. The molecule has 0 radical (unpaired) electrons. The number of fused-ring (bicyclic) bond motifs is 2. The minimum absolute atomic E-state index is 0.190. The maximum Gasteiger partial charge on any atom is 0.270 e. The highest BCUT2D eigenvalue weighted by Gasteiger charge is 2.20. The Kier molecular flexibility index (Phi) is 7.14. The van der Waals surface area contributed by atoms with Crippen LogP contribution in [0, 0.1) is 0 Å². The zero-order valence-corrected chi connectivity index (χ0v) is 22.5. The Balaban J connectivity index is 1.37. The topological polar surface area (TPSA) is 93.1 Å². The molecule has 1 aliphatic heterocycles. The van der Waals surface area contributed by atoms with Crippen molar-refractivity contribution in [1.29, 1.82) is 0 Å². The van der Waals surface area contributed by atoms with E-state index in [9.17, 15) is 9.59 Å². The summed E-state index contributed by atoms with van der Waals surface area (Å²) >= 11 is 0. The summed E-state index contributed by atoms with van der Waals surface area (Å²) in [5.74, 6) is 1.85. The first-order valence-corrected chi connectivity index (χ1v) is 13.6. The Morgan fingerprint density at radius 1 is 0.950 bits per heavy atom. The predicted molar refractivity (Wildman–Crippen MR) is 157 cm³/mol. The van der Waals surface area contributed by atoms with E-state index in [0.717, 1.165) is 65.2 Å². The summed E-state index contributed by atoms with van der Waals surface area (Å²) in [6, 6.07) is 21.6. The van der Waals surface area contributed by atoms with E-state index < -0.39 is 0 Å². The van der Waals surface area contributed by atoms with Crippen LogP contribution in [0.2, 0.25) is 0 Å². The molecule has 0 spiro atoms. The molecule has 1 saturated heterocycles. The van der Waals surface area contributed by atoms with Crippen molar-refractivity contribution in [2.75, 3.05) is 20.2 Å². The fourth-order valence-corrected chi connectivity index (χ4v) is 5.28. The van der Waals surface area contributed by atoms with Crippen molar-refractivity contribution in [3.63, 3.8) is 0 Å². The Labute approximate surface area is 232 Å². The summed E-state index contributed by atoms with van der Waals surface area (Å²) in [5, 5.41) is 0. The third-order valence-electron chi connectivity index (χ3n) is 7.40. The second kappa shape index (κ2) is 11.2. The van der Waals surface area contributed by atoms with Crippen LogP contribution in [0.1, 0.15) is 41.9 Å². The number of likely N-dealkylation sites (tertiary alicyclic amines) is 1. The van der Waals surface area contributed by atoms with Gasteiger partial charge in [-0.1, -0.05) is 48.5 Å². The van der Waals surface area contributed by atoms with Crippen molar-refractivity contribution < 1.29 is 9.53 Å². The molecule has 202 valence electrons. The normalized spacial score (nSPS) is 13.7. The molecular weight excluding hydrogens is 502 g/mol. The van der Waals surface area contributed by atoms with Crippen molar-refractivity contribution in [2.45, 2.75) is 32.2 Å². The largest absolute Gasteiger partial charge is 0.497 e. The van der Waals surface area contributed by atoms with E-state index in [4.69, 9.17) is 14.7 Å². The highest BCUT2D eigenvalue weighted by molar-refractivity contribution is 5.92. The molecule has 0 unspecified atom stereocenters. The number of hydrogen-bond acceptors (Lipinski definition) is 5. The fourth-order valence-electron chi connectivity index (χ4n) is 5.28. The van der Waals surface area contributed by atoms with Gasteiger partial charge in [0, 0.05) is 32.5 Å². The maximum absolute atomic E-state index is 12.8. The number of ether oxygens (including phenoxy) is 1. The predicted octanol–water partition coefficient (Wildman–Crippen LogP) is 5.06. The summed E-state index contributed by atoms with van der Waals surface area (Å²) < 4.78 is 7.45. The highest BCUT2D eigenvalue weighted by Crippen LogP contribution is 2.24. The van der Waals surface area contributed by atoms with Gasteiger partial charge in [-0.15, -0.1) is 0 Å². The second-order valence-corrected chi connectivity index (χ2v) is 10.1. The second-order valence-electron chi connectivity index (χ2n) is 10.1. The number of rotatable bonds is 9. The van der Waals surface area contributed by atoms with Gasteiger partial charge in [0.15, 0.2) is 0 Å². The number of carbonyl (C=O) groups excluding carboxylic acids is 1. The highest BCUT2D eigenvalue weighted by atomic mass is 16.5. The number of aromatic amines is 1. The van der Waals surface area contributed by atoms with Gasteiger partial charge >= 0.3 is 0 Å². The van der Waals surface area contributed by atoms with Crippen LogP contribution in [0.15, 0.2) is 71.5 Å². The van der Waals surface area contributed by atoms with E-state index in [1.807, 2.05) is 83.8 Å². The van der Waals surface area contributed by atoms with E-state index in [-0.39, 0.29) is 11.5 Å². The van der Waals surface area contributed by atoms with Crippen molar-refractivity contribution in [1.82, 2.24) is 24.4 Å². The number of methoxy groups -OCH3 is 1. The number of amides is 1. The van der Waals surface area contributed by atoms with Crippen molar-refractivity contribution in [3.8, 4) is 5.75 Å². The molecule has 1 fully saturated rings. The molecule has 3 aromatic carbocycles. The molecule has 2 aromatic heterocycles. The average molecular weight is 534 g/mol. The first-order chi connectivity index (χ1) is 19.6. The molecular formula is C32H31N5O3. The van der Waals surface area contributed by atoms with Crippen LogP contribution in [-0.2, 0) is 17.8 Å². The number of H-pyrrole nitrogens is 1. The summed E-state index contributed by atoms with van der Waals surface area (Å²) in [5.41, 5.74) is 5.47. The van der Waals surface area contributed by atoms with E-state index in [1.54, 1.807) is 7.11 Å². The van der Waals surface area contributed by atoms with Crippen LogP contribution in [0.5, 0.6) is 5.75 Å². The summed E-state index contributed by atoms with van der Waals surface area (Å²) in [6.45, 7) is 2.26. The Morgan fingerprint density at radius 3 is 2.52 bits per heavy atom. The van der Waals surface area contributed by atoms with Gasteiger partial charge in [0.25, 0.3) is 5.56 Å². The number of aromatic nitrogens is 4. The number of nitrogens with one attached hydrogen (secondary N) is 1. The Hall–Kier alpha value is -4.72. The molecule has 5 aromatic rings. The number of nitrogens with zero attached hydrogens (tertiary/aromatic N) is 4. The van der Waals surface area contributed by atoms with E-state index >= 15 is 0 Å². The van der Waals surface area contributed by atoms with Crippen molar-refractivity contribution in [3.05, 3.63) is 99.7 Å². The average Bonchev–Trinajstić information content (AvgIpc) is 3.54. The smallest absolute Gasteiger partial charge is 0.270 e. The summed E-state index contributed by atoms with van der Waals surface area (Å²) in [6.07, 6.45) is 6.89. The molecule has 1 N–H and O–H groups in total. The monoisotopic (exact) mass is 533 g/mol. The number of benzene rings is 3. The quantitative estimate of drug-likeness (QED) is 0.286. The standard InChI is InChI=1S/C32H31N5O3/c1-40-24-13-10-22(11-14-24)12-15-30-34-27-20-25-26(33-28(32(39)35-25)19-23-7-3-2-4-8-23)21-29(27)37(30)18-6-17-36-16-5-9-31(36)38/h2-4,7-8,10-15,20-21H,5-6,9,16-19H2,1H3,(H,35,39)/b15-12+. The van der Waals surface area contributed by atoms with Gasteiger partial charge < -0.3 is 19.2 Å². The van der Waals surface area contributed by atoms with Crippen LogP contribution < -0.4 is 10.3 Å². The lowest BCUT2D eigenvalue weighted by atomic mass is 10.1. The summed E-state index contributed by atoms with van der Waals surface area (Å²) in [4.78, 5) is 39.6. The van der Waals surface area contributed by atoms with Gasteiger partial charge in [-0.25, -0.2) is 9.97 Å². The molecule has 6 rings (SSSR count). The van der Waals surface area contributed by atoms with Gasteiger partial charge in [0.1, 0.15) is 17.3 Å². The van der Waals surface area contributed by atoms with Gasteiger partial charge in [-0.2, -0.15) is 0 Å². The molecule has 8 nitrogen and oxygen atoms in total. The lowest BCUT2D eigenvalue weighted by Gasteiger charge is -2.16. The molecule has 0 saturated carbocycles. The van der Waals surface area contributed by atoms with E-state index in [1.165, 1.54) is 0 Å². The lowest BCUT2D eigenvalue weighted by molar-refractivity contribution is -0.127. The van der Waals surface area contributed by atoms with E-state index in [2.05, 4.69) is 9.55 Å². The summed E-state index contributed by atoms with van der Waals surface area (Å²) in [7, 11) is 1.65. The molecule has 8 heteroatoms. The zero-order chi connectivity index (χ0) is 27.5. The van der Waals surface area contributed by atoms with Crippen LogP contribution in [-0.4, -0.2) is 50.5 Å². The minimum Gasteiger partial charge on any atom is -0.497 e. The number of hydrogen-bond donors (Lipinski definition) is 1. The number of aryl methyl sites for hydroxylation is 1. The van der Waals surface area contributed by atoms with Crippen LogP contribution >= 0.6 is 0 Å². The first-order valence-electron chi connectivity index (χ1n) is 13.6. The van der Waals surface area contributed by atoms with Crippen molar-refractivity contribution in [2.24, 2.45) is 0 Å². The van der Waals surface area contributed by atoms with E-state index in [0.29, 0.717) is 30.6 Å². The van der Waals surface area contributed by atoms with Gasteiger partial charge in [-0.05, 0) is 54.3 Å². The fraction of sp³-hybridized carbons (Fsp3) is 0.250.